The van der Waals surface area contributed by atoms with Crippen LogP contribution in [0.15, 0.2) is 42.6 Å². The van der Waals surface area contributed by atoms with Crippen LogP contribution < -0.4 is 0 Å². The molecule has 0 unspecified atom stereocenters. The molecule has 1 N–H and O–H groups in total. The Bertz CT molecular complexity index is 830. The van der Waals surface area contributed by atoms with Gasteiger partial charge < -0.3 is 10.0 Å². The van der Waals surface area contributed by atoms with Gasteiger partial charge in [0, 0.05) is 18.8 Å². The SMILES string of the molecule is O=C(O)c1ccc(C(=O)N(Cc2ccccc2C(F)(F)F)C2CC2)cn1. The van der Waals surface area contributed by atoms with Gasteiger partial charge in [-0.2, -0.15) is 13.2 Å². The second-order valence-corrected chi connectivity index (χ2v) is 6.06. The molecule has 1 aliphatic rings. The van der Waals surface area contributed by atoms with E-state index in [4.69, 9.17) is 5.11 Å². The summed E-state index contributed by atoms with van der Waals surface area (Å²) in [6.07, 6.45) is -1.92. The molecular formula is C18H15F3N2O3. The maximum Gasteiger partial charge on any atom is 0.416 e. The number of nitrogens with zero attached hydrogens (tertiary/aromatic N) is 2. The molecule has 2 aromatic rings. The molecule has 0 aliphatic heterocycles. The molecule has 0 spiro atoms. The van der Waals surface area contributed by atoms with Gasteiger partial charge in [-0.1, -0.05) is 18.2 Å². The third kappa shape index (κ3) is 3.84. The first-order chi connectivity index (χ1) is 12.3. The van der Waals surface area contributed by atoms with Gasteiger partial charge in [0.1, 0.15) is 5.69 Å². The van der Waals surface area contributed by atoms with Crippen LogP contribution in [-0.2, 0) is 12.7 Å². The summed E-state index contributed by atoms with van der Waals surface area (Å²) in [5.41, 5.74) is -0.804. The van der Waals surface area contributed by atoms with E-state index in [1.807, 2.05) is 0 Å². The lowest BCUT2D eigenvalue weighted by atomic mass is 10.1. The zero-order valence-corrected chi connectivity index (χ0v) is 13.5. The van der Waals surface area contributed by atoms with Gasteiger partial charge >= 0.3 is 12.1 Å². The average molecular weight is 364 g/mol. The van der Waals surface area contributed by atoms with Crippen LogP contribution in [0.25, 0.3) is 0 Å². The predicted molar refractivity (Wildman–Crippen MR) is 85.5 cm³/mol. The van der Waals surface area contributed by atoms with Crippen LogP contribution in [0, 0.1) is 0 Å². The van der Waals surface area contributed by atoms with Crippen molar-refractivity contribution in [1.82, 2.24) is 9.88 Å². The van der Waals surface area contributed by atoms with E-state index in [1.54, 1.807) is 0 Å². The summed E-state index contributed by atoms with van der Waals surface area (Å²) in [5, 5.41) is 8.86. The van der Waals surface area contributed by atoms with Crippen molar-refractivity contribution in [2.75, 3.05) is 0 Å². The highest BCUT2D eigenvalue weighted by molar-refractivity contribution is 5.95. The molecule has 26 heavy (non-hydrogen) atoms. The molecule has 1 saturated carbocycles. The number of alkyl halides is 3. The van der Waals surface area contributed by atoms with Gasteiger partial charge in [0.15, 0.2) is 0 Å². The zero-order valence-electron chi connectivity index (χ0n) is 13.5. The topological polar surface area (TPSA) is 70.5 Å². The summed E-state index contributed by atoms with van der Waals surface area (Å²) in [5.74, 6) is -1.68. The molecule has 0 saturated heterocycles. The molecule has 1 amide bonds. The lowest BCUT2D eigenvalue weighted by Gasteiger charge is -2.24. The Morgan fingerprint density at radius 1 is 1.15 bits per heavy atom. The summed E-state index contributed by atoms with van der Waals surface area (Å²) in [4.78, 5) is 28.7. The molecule has 8 heteroatoms. The first-order valence-electron chi connectivity index (χ1n) is 7.93. The molecule has 1 aliphatic carbocycles. The Balaban J connectivity index is 1.87. The monoisotopic (exact) mass is 364 g/mol. The number of hydrogen-bond acceptors (Lipinski definition) is 3. The van der Waals surface area contributed by atoms with Crippen LogP contribution in [0.5, 0.6) is 0 Å². The van der Waals surface area contributed by atoms with Crippen LogP contribution >= 0.6 is 0 Å². The van der Waals surface area contributed by atoms with Gasteiger partial charge in [-0.15, -0.1) is 0 Å². The quantitative estimate of drug-likeness (QED) is 0.880. The minimum atomic E-state index is -4.50. The minimum absolute atomic E-state index is 0.0235. The Hall–Kier alpha value is -2.90. The molecular weight excluding hydrogens is 349 g/mol. The fourth-order valence-electron chi connectivity index (χ4n) is 2.68. The van der Waals surface area contributed by atoms with E-state index in [0.29, 0.717) is 0 Å². The number of hydrogen-bond donors (Lipinski definition) is 1. The lowest BCUT2D eigenvalue weighted by Crippen LogP contribution is -2.33. The van der Waals surface area contributed by atoms with E-state index >= 15 is 0 Å². The summed E-state index contributed by atoms with van der Waals surface area (Å²) < 4.78 is 39.6. The summed E-state index contributed by atoms with van der Waals surface area (Å²) in [6, 6.07) is 7.57. The molecule has 1 aromatic carbocycles. The number of aromatic nitrogens is 1. The summed E-state index contributed by atoms with van der Waals surface area (Å²) >= 11 is 0. The maximum absolute atomic E-state index is 13.2. The molecule has 0 radical (unpaired) electrons. The first kappa shape index (κ1) is 17.9. The van der Waals surface area contributed by atoms with Crippen LogP contribution in [0.4, 0.5) is 13.2 Å². The molecule has 0 atom stereocenters. The molecule has 3 rings (SSSR count). The Morgan fingerprint density at radius 3 is 2.38 bits per heavy atom. The Morgan fingerprint density at radius 2 is 1.85 bits per heavy atom. The lowest BCUT2D eigenvalue weighted by molar-refractivity contribution is -0.138. The van der Waals surface area contributed by atoms with Crippen molar-refractivity contribution in [1.29, 1.82) is 0 Å². The van der Waals surface area contributed by atoms with Crippen molar-refractivity contribution >= 4 is 11.9 Å². The number of carbonyl (C=O) groups is 2. The number of carboxylic acids is 1. The smallest absolute Gasteiger partial charge is 0.416 e. The molecule has 1 aromatic heterocycles. The van der Waals surface area contributed by atoms with Crippen molar-refractivity contribution in [3.63, 3.8) is 0 Å². The number of carboxylic acid groups (broad SMARTS) is 1. The fourth-order valence-corrected chi connectivity index (χ4v) is 2.68. The maximum atomic E-state index is 13.2. The third-order valence-corrected chi connectivity index (χ3v) is 4.14. The van der Waals surface area contributed by atoms with Crippen molar-refractivity contribution < 1.29 is 27.9 Å². The fraction of sp³-hybridized carbons (Fsp3) is 0.278. The standard InChI is InChI=1S/C18H15F3N2O3/c19-18(20,21)14-4-2-1-3-12(14)10-23(13-6-7-13)16(24)11-5-8-15(17(25)26)22-9-11/h1-5,8-9,13H,6-7,10H2,(H,25,26). The van der Waals surface area contributed by atoms with E-state index in [0.717, 1.165) is 25.1 Å². The molecule has 1 heterocycles. The Labute approximate surface area is 147 Å². The number of rotatable bonds is 5. The van der Waals surface area contributed by atoms with Gasteiger partial charge in [-0.05, 0) is 36.6 Å². The number of amides is 1. The van der Waals surface area contributed by atoms with Crippen molar-refractivity contribution in [3.05, 3.63) is 65.0 Å². The van der Waals surface area contributed by atoms with E-state index in [9.17, 15) is 22.8 Å². The zero-order chi connectivity index (χ0) is 18.9. The van der Waals surface area contributed by atoms with Gasteiger partial charge in [0.05, 0.1) is 11.1 Å². The molecule has 1 fully saturated rings. The van der Waals surface area contributed by atoms with Gasteiger partial charge in [-0.3, -0.25) is 4.79 Å². The molecule has 5 nitrogen and oxygen atoms in total. The largest absolute Gasteiger partial charge is 0.477 e. The van der Waals surface area contributed by atoms with Crippen LogP contribution in [0.1, 0.15) is 44.8 Å². The van der Waals surface area contributed by atoms with Gasteiger partial charge in [0.25, 0.3) is 5.91 Å². The average Bonchev–Trinajstić information content (AvgIpc) is 3.43. The number of pyridine rings is 1. The second kappa shape index (κ2) is 6.78. The highest BCUT2D eigenvalue weighted by Crippen LogP contribution is 2.35. The number of benzene rings is 1. The summed E-state index contributed by atoms with van der Waals surface area (Å²) in [7, 11) is 0. The van der Waals surface area contributed by atoms with Crippen LogP contribution in [-0.4, -0.2) is 32.9 Å². The minimum Gasteiger partial charge on any atom is -0.477 e. The third-order valence-electron chi connectivity index (χ3n) is 4.14. The normalized spacial score (nSPS) is 14.1. The van der Waals surface area contributed by atoms with E-state index in [-0.39, 0.29) is 29.4 Å². The molecule has 0 bridgehead atoms. The molecule has 136 valence electrons. The van der Waals surface area contributed by atoms with Crippen molar-refractivity contribution in [3.8, 4) is 0 Å². The number of halogens is 3. The van der Waals surface area contributed by atoms with Crippen LogP contribution in [0.2, 0.25) is 0 Å². The van der Waals surface area contributed by atoms with Crippen molar-refractivity contribution in [2.45, 2.75) is 31.6 Å². The van der Waals surface area contributed by atoms with Crippen molar-refractivity contribution in [2.24, 2.45) is 0 Å². The van der Waals surface area contributed by atoms with Gasteiger partial charge in [0.2, 0.25) is 0 Å². The van der Waals surface area contributed by atoms with E-state index < -0.39 is 23.6 Å². The van der Waals surface area contributed by atoms with E-state index in [1.165, 1.54) is 35.2 Å². The first-order valence-corrected chi connectivity index (χ1v) is 7.93. The Kier molecular flexibility index (Phi) is 4.67. The highest BCUT2D eigenvalue weighted by Gasteiger charge is 2.37. The number of carbonyl (C=O) groups excluding carboxylic acids is 1. The number of aromatic carboxylic acids is 1. The van der Waals surface area contributed by atoms with Gasteiger partial charge in [-0.25, -0.2) is 9.78 Å². The predicted octanol–water partition coefficient (Wildman–Crippen LogP) is 3.60. The van der Waals surface area contributed by atoms with Crippen LogP contribution in [0.3, 0.4) is 0 Å². The summed E-state index contributed by atoms with van der Waals surface area (Å²) in [6.45, 7) is -0.167. The van der Waals surface area contributed by atoms with E-state index in [2.05, 4.69) is 4.98 Å². The highest BCUT2D eigenvalue weighted by atomic mass is 19.4. The second-order valence-electron chi connectivity index (χ2n) is 6.06.